The van der Waals surface area contributed by atoms with Crippen LogP contribution in [0.25, 0.3) is 0 Å². The van der Waals surface area contributed by atoms with Gasteiger partial charge in [0.1, 0.15) is 6.04 Å². The van der Waals surface area contributed by atoms with Crippen molar-refractivity contribution in [2.75, 3.05) is 6.54 Å². The Morgan fingerprint density at radius 2 is 2.06 bits per heavy atom. The van der Waals surface area contributed by atoms with E-state index in [0.717, 1.165) is 6.42 Å². The summed E-state index contributed by atoms with van der Waals surface area (Å²) in [6.07, 6.45) is 1.06. The van der Waals surface area contributed by atoms with E-state index in [2.05, 4.69) is 0 Å². The second kappa shape index (κ2) is 4.56. The third kappa shape index (κ3) is 2.31. The highest BCUT2D eigenvalue weighted by Crippen LogP contribution is 2.49. The molecule has 1 saturated heterocycles. The maximum atomic E-state index is 12.0. The predicted molar refractivity (Wildman–Crippen MR) is 61.1 cm³/mol. The maximum absolute atomic E-state index is 12.0. The third-order valence-corrected chi connectivity index (χ3v) is 3.70. The molecule has 5 N–H and O–H groups in total. The third-order valence-electron chi connectivity index (χ3n) is 3.70. The lowest BCUT2D eigenvalue weighted by Gasteiger charge is -2.27. The SMILES string of the molecule is NC(=O)CC[C@H](N)C(=O)N1CC2CC2C1C(=O)O. The quantitative estimate of drug-likeness (QED) is 0.551. The zero-order valence-electron chi connectivity index (χ0n) is 9.91. The van der Waals surface area contributed by atoms with Gasteiger partial charge in [0.15, 0.2) is 0 Å². The van der Waals surface area contributed by atoms with E-state index in [-0.39, 0.29) is 18.8 Å². The molecule has 1 aliphatic carbocycles. The molecule has 1 saturated carbocycles. The summed E-state index contributed by atoms with van der Waals surface area (Å²) in [6.45, 7) is 0.463. The fraction of sp³-hybridized carbons (Fsp3) is 0.727. The van der Waals surface area contributed by atoms with Gasteiger partial charge in [0, 0.05) is 13.0 Å². The smallest absolute Gasteiger partial charge is 0.326 e. The van der Waals surface area contributed by atoms with Crippen LogP contribution in [-0.4, -0.2) is 46.4 Å². The van der Waals surface area contributed by atoms with Crippen molar-refractivity contribution in [3.05, 3.63) is 0 Å². The molecule has 3 unspecified atom stereocenters. The summed E-state index contributed by atoms with van der Waals surface area (Å²) in [4.78, 5) is 35.1. The van der Waals surface area contributed by atoms with Crippen LogP contribution >= 0.6 is 0 Å². The number of carbonyl (C=O) groups excluding carboxylic acids is 2. The lowest BCUT2D eigenvalue weighted by molar-refractivity contribution is -0.150. The zero-order chi connectivity index (χ0) is 13.4. The van der Waals surface area contributed by atoms with Gasteiger partial charge in [-0.05, 0) is 24.7 Å². The number of piperidine rings is 1. The minimum atomic E-state index is -0.976. The van der Waals surface area contributed by atoms with Crippen molar-refractivity contribution >= 4 is 17.8 Å². The average molecular weight is 255 g/mol. The van der Waals surface area contributed by atoms with E-state index in [1.807, 2.05) is 0 Å². The topological polar surface area (TPSA) is 127 Å². The van der Waals surface area contributed by atoms with Gasteiger partial charge in [-0.25, -0.2) is 4.79 Å². The van der Waals surface area contributed by atoms with Crippen molar-refractivity contribution in [2.24, 2.45) is 23.3 Å². The Balaban J connectivity index is 1.96. The number of fused-ring (bicyclic) bond motifs is 1. The van der Waals surface area contributed by atoms with Gasteiger partial charge in [0.05, 0.1) is 6.04 Å². The first-order chi connectivity index (χ1) is 8.41. The van der Waals surface area contributed by atoms with Gasteiger partial charge in [-0.3, -0.25) is 9.59 Å². The monoisotopic (exact) mass is 255 g/mol. The van der Waals surface area contributed by atoms with Gasteiger partial charge < -0.3 is 21.5 Å². The molecule has 0 aromatic carbocycles. The molecular formula is C11H17N3O4. The van der Waals surface area contributed by atoms with Gasteiger partial charge in [0.2, 0.25) is 11.8 Å². The van der Waals surface area contributed by atoms with Crippen molar-refractivity contribution in [2.45, 2.75) is 31.3 Å². The van der Waals surface area contributed by atoms with Crippen LogP contribution in [0.5, 0.6) is 0 Å². The minimum Gasteiger partial charge on any atom is -0.480 e. The van der Waals surface area contributed by atoms with Gasteiger partial charge >= 0.3 is 5.97 Å². The Hall–Kier alpha value is -1.63. The summed E-state index contributed by atoms with van der Waals surface area (Å²) in [6, 6.07) is -1.60. The Labute approximate surface area is 104 Å². The normalized spacial score (nSPS) is 30.7. The fourth-order valence-corrected chi connectivity index (χ4v) is 2.64. The van der Waals surface area contributed by atoms with E-state index in [4.69, 9.17) is 16.6 Å². The number of nitrogens with zero attached hydrogens (tertiary/aromatic N) is 1. The molecule has 4 atom stereocenters. The molecule has 2 amide bonds. The first-order valence-electron chi connectivity index (χ1n) is 5.99. The molecule has 0 spiro atoms. The fourth-order valence-electron chi connectivity index (χ4n) is 2.64. The van der Waals surface area contributed by atoms with Gasteiger partial charge in [-0.1, -0.05) is 0 Å². The van der Waals surface area contributed by atoms with Crippen molar-refractivity contribution in [3.63, 3.8) is 0 Å². The molecule has 2 fully saturated rings. The van der Waals surface area contributed by atoms with Crippen molar-refractivity contribution in [1.82, 2.24) is 4.90 Å². The summed E-state index contributed by atoms with van der Waals surface area (Å²) in [5, 5.41) is 9.12. The number of rotatable bonds is 5. The van der Waals surface area contributed by atoms with Crippen LogP contribution in [0.3, 0.4) is 0 Å². The van der Waals surface area contributed by atoms with E-state index in [9.17, 15) is 14.4 Å². The number of carbonyl (C=O) groups is 3. The van der Waals surface area contributed by atoms with E-state index in [1.54, 1.807) is 0 Å². The molecule has 0 aromatic heterocycles. The first-order valence-corrected chi connectivity index (χ1v) is 5.99. The van der Waals surface area contributed by atoms with Crippen LogP contribution in [0.1, 0.15) is 19.3 Å². The van der Waals surface area contributed by atoms with E-state index in [1.165, 1.54) is 4.90 Å². The number of amides is 2. The molecule has 100 valence electrons. The zero-order valence-corrected chi connectivity index (χ0v) is 9.91. The number of aliphatic carboxylic acids is 1. The van der Waals surface area contributed by atoms with E-state index < -0.39 is 29.9 Å². The molecule has 2 aliphatic rings. The second-order valence-corrected chi connectivity index (χ2v) is 5.04. The van der Waals surface area contributed by atoms with Crippen molar-refractivity contribution < 1.29 is 19.5 Å². The Kier molecular flexibility index (Phi) is 3.25. The molecule has 7 nitrogen and oxygen atoms in total. The number of hydrogen-bond acceptors (Lipinski definition) is 4. The second-order valence-electron chi connectivity index (χ2n) is 5.04. The summed E-state index contributed by atoms with van der Waals surface area (Å²) >= 11 is 0. The number of hydrogen-bond donors (Lipinski definition) is 3. The Morgan fingerprint density at radius 3 is 2.61 bits per heavy atom. The van der Waals surface area contributed by atoms with Crippen LogP contribution in [0.2, 0.25) is 0 Å². The maximum Gasteiger partial charge on any atom is 0.326 e. The van der Waals surface area contributed by atoms with Gasteiger partial charge in [0.25, 0.3) is 0 Å². The van der Waals surface area contributed by atoms with Gasteiger partial charge in [-0.15, -0.1) is 0 Å². The first kappa shape index (κ1) is 12.8. The van der Waals surface area contributed by atoms with Crippen molar-refractivity contribution in [3.8, 4) is 0 Å². The standard InChI is InChI=1S/C11H17N3O4/c12-7(1-2-8(13)15)10(16)14-4-5-3-6(5)9(14)11(17)18/h5-7,9H,1-4,12H2,(H2,13,15)(H,17,18)/t5?,6?,7-,9?/m0/s1. The highest BCUT2D eigenvalue weighted by Gasteiger charge is 2.57. The number of carboxylic acid groups (broad SMARTS) is 1. The van der Waals surface area contributed by atoms with Crippen LogP contribution in [0, 0.1) is 11.8 Å². The lowest BCUT2D eigenvalue weighted by Crippen LogP contribution is -2.50. The molecule has 0 aromatic rings. The minimum absolute atomic E-state index is 0.0331. The Bertz CT molecular complexity index is 398. The summed E-state index contributed by atoms with van der Waals surface area (Å²) < 4.78 is 0. The highest BCUT2D eigenvalue weighted by molar-refractivity contribution is 5.88. The molecule has 1 aliphatic heterocycles. The number of carboxylic acids is 1. The lowest BCUT2D eigenvalue weighted by atomic mass is 10.1. The predicted octanol–water partition coefficient (Wildman–Crippen LogP) is -1.49. The average Bonchev–Trinajstić information content (AvgIpc) is 2.95. The molecule has 2 rings (SSSR count). The van der Waals surface area contributed by atoms with Gasteiger partial charge in [-0.2, -0.15) is 0 Å². The van der Waals surface area contributed by atoms with E-state index >= 15 is 0 Å². The number of primary amides is 1. The number of likely N-dealkylation sites (tertiary alicyclic amines) is 1. The molecule has 18 heavy (non-hydrogen) atoms. The number of nitrogens with two attached hydrogens (primary N) is 2. The van der Waals surface area contributed by atoms with Crippen LogP contribution in [0.15, 0.2) is 0 Å². The molecule has 7 heteroatoms. The van der Waals surface area contributed by atoms with Crippen LogP contribution < -0.4 is 11.5 Å². The Morgan fingerprint density at radius 1 is 1.39 bits per heavy atom. The largest absolute Gasteiger partial charge is 0.480 e. The van der Waals surface area contributed by atoms with Crippen molar-refractivity contribution in [1.29, 1.82) is 0 Å². The molecule has 0 bridgehead atoms. The molecule has 0 radical (unpaired) electrons. The summed E-state index contributed by atoms with van der Waals surface area (Å²) in [7, 11) is 0. The van der Waals surface area contributed by atoms with Crippen LogP contribution in [-0.2, 0) is 14.4 Å². The highest BCUT2D eigenvalue weighted by atomic mass is 16.4. The summed E-state index contributed by atoms with van der Waals surface area (Å²) in [5.74, 6) is -1.50. The van der Waals surface area contributed by atoms with Crippen LogP contribution in [0.4, 0.5) is 0 Å². The van der Waals surface area contributed by atoms with E-state index in [0.29, 0.717) is 12.5 Å². The molecular weight excluding hydrogens is 238 g/mol. The summed E-state index contributed by atoms with van der Waals surface area (Å²) in [5.41, 5.74) is 10.7. The molecule has 1 heterocycles.